The molecule has 1 fully saturated rings. The Morgan fingerprint density at radius 2 is 1.91 bits per heavy atom. The molecule has 5 rings (SSSR count). The molecule has 0 radical (unpaired) electrons. The summed E-state index contributed by atoms with van der Waals surface area (Å²) in [5.74, 6) is 0.476. The molecule has 1 aromatic heterocycles. The highest BCUT2D eigenvalue weighted by molar-refractivity contribution is 6.30. The largest absolute Gasteiger partial charge is 0.476 e. The van der Waals surface area contributed by atoms with Gasteiger partial charge in [0.05, 0.1) is 16.7 Å². The van der Waals surface area contributed by atoms with E-state index < -0.39 is 11.2 Å². The van der Waals surface area contributed by atoms with Crippen molar-refractivity contribution in [1.29, 1.82) is 5.26 Å². The molecule has 1 aliphatic carbocycles. The van der Waals surface area contributed by atoms with Crippen LogP contribution in [0.5, 0.6) is 5.75 Å². The van der Waals surface area contributed by atoms with E-state index in [1.54, 1.807) is 24.4 Å². The number of hydrogen-bond donors (Lipinski definition) is 1. The maximum Gasteiger partial charge on any atom is 0.175 e. The molecule has 6 heteroatoms. The van der Waals surface area contributed by atoms with Crippen LogP contribution in [0.2, 0.25) is 5.02 Å². The van der Waals surface area contributed by atoms with Crippen LogP contribution in [0, 0.1) is 17.2 Å². The second kappa shape index (κ2) is 7.60. The number of halogens is 1. The summed E-state index contributed by atoms with van der Waals surface area (Å²) < 4.78 is 6.74. The quantitative estimate of drug-likeness (QED) is 0.642. The van der Waals surface area contributed by atoms with Gasteiger partial charge in [0.1, 0.15) is 11.4 Å². The van der Waals surface area contributed by atoms with E-state index in [9.17, 15) is 10.4 Å². The van der Waals surface area contributed by atoms with Gasteiger partial charge in [0.25, 0.3) is 0 Å². The van der Waals surface area contributed by atoms with Crippen LogP contribution in [0.4, 0.5) is 0 Å². The molecule has 32 heavy (non-hydrogen) atoms. The van der Waals surface area contributed by atoms with E-state index >= 15 is 0 Å². The SMILES string of the molecule is CN(C)CC1CC2(O)c3ncc(Cl)cc3OC2(c2ccc(C#N)cc2)C1c1ccccc1. The Balaban J connectivity index is 1.79. The highest BCUT2D eigenvalue weighted by atomic mass is 35.5. The summed E-state index contributed by atoms with van der Waals surface area (Å²) in [6.07, 6.45) is 2.06. The van der Waals surface area contributed by atoms with E-state index in [1.807, 2.05) is 44.4 Å². The molecule has 1 aliphatic heterocycles. The van der Waals surface area contributed by atoms with Gasteiger partial charge in [-0.1, -0.05) is 54.1 Å². The predicted molar refractivity (Wildman–Crippen MR) is 122 cm³/mol. The Kier molecular flexibility index (Phi) is 4.98. The number of nitrogens with zero attached hydrogens (tertiary/aromatic N) is 3. The first-order valence-electron chi connectivity index (χ1n) is 10.7. The second-order valence-corrected chi connectivity index (χ2v) is 9.44. The lowest BCUT2D eigenvalue weighted by Crippen LogP contribution is -2.48. The summed E-state index contributed by atoms with van der Waals surface area (Å²) in [6.45, 7) is 0.784. The molecule has 4 atom stereocenters. The fourth-order valence-corrected chi connectivity index (χ4v) is 5.86. The van der Waals surface area contributed by atoms with Crippen LogP contribution >= 0.6 is 11.6 Å². The first-order chi connectivity index (χ1) is 15.4. The summed E-state index contributed by atoms with van der Waals surface area (Å²) in [5, 5.41) is 22.2. The van der Waals surface area contributed by atoms with Crippen molar-refractivity contribution in [2.24, 2.45) is 5.92 Å². The predicted octanol–water partition coefficient (Wildman–Crippen LogP) is 4.45. The number of nitriles is 1. The molecule has 1 saturated carbocycles. The zero-order valence-electron chi connectivity index (χ0n) is 18.0. The molecule has 0 saturated heterocycles. The van der Waals surface area contributed by atoms with E-state index in [2.05, 4.69) is 28.1 Å². The van der Waals surface area contributed by atoms with Crippen molar-refractivity contribution in [3.63, 3.8) is 0 Å². The highest BCUT2D eigenvalue weighted by Gasteiger charge is 2.72. The summed E-state index contributed by atoms with van der Waals surface area (Å²) >= 11 is 6.24. The minimum absolute atomic E-state index is 0.110. The maximum absolute atomic E-state index is 12.4. The number of fused-ring (bicyclic) bond motifs is 3. The van der Waals surface area contributed by atoms with Gasteiger partial charge in [-0.3, -0.25) is 4.98 Å². The molecule has 162 valence electrons. The molecular formula is C26H24ClN3O2. The fraction of sp³-hybridized carbons (Fsp3) is 0.308. The Hall–Kier alpha value is -2.91. The molecule has 0 spiro atoms. The first-order valence-corrected chi connectivity index (χ1v) is 11.0. The summed E-state index contributed by atoms with van der Waals surface area (Å²) in [4.78, 5) is 6.69. The third-order valence-corrected chi connectivity index (χ3v) is 6.97. The number of pyridine rings is 1. The van der Waals surface area contributed by atoms with E-state index in [1.165, 1.54) is 0 Å². The number of hydrogen-bond acceptors (Lipinski definition) is 5. The number of rotatable bonds is 4. The Morgan fingerprint density at radius 1 is 1.19 bits per heavy atom. The minimum Gasteiger partial charge on any atom is -0.476 e. The molecule has 2 aromatic carbocycles. The zero-order valence-corrected chi connectivity index (χ0v) is 18.8. The van der Waals surface area contributed by atoms with E-state index in [-0.39, 0.29) is 11.8 Å². The van der Waals surface area contributed by atoms with Crippen molar-refractivity contribution in [1.82, 2.24) is 9.88 Å². The van der Waals surface area contributed by atoms with E-state index in [0.717, 1.165) is 17.7 Å². The molecule has 2 heterocycles. The minimum atomic E-state index is -1.34. The van der Waals surface area contributed by atoms with Crippen LogP contribution in [0.3, 0.4) is 0 Å². The molecule has 4 unspecified atom stereocenters. The standard InChI is InChI=1S/C26H24ClN3O2/c1-30(2)16-19-13-25(31)24-22(12-21(27)15-29-24)32-26(25,20-10-8-17(14-28)9-11-20)23(19)18-6-4-3-5-7-18/h3-12,15,19,23,31H,13,16H2,1-2H3. The molecule has 5 nitrogen and oxygen atoms in total. The van der Waals surface area contributed by atoms with E-state index in [4.69, 9.17) is 16.3 Å². The zero-order chi connectivity index (χ0) is 22.5. The van der Waals surface area contributed by atoms with Crippen LogP contribution in [0.1, 0.15) is 34.7 Å². The van der Waals surface area contributed by atoms with Crippen LogP contribution in [0.15, 0.2) is 66.9 Å². The lowest BCUT2D eigenvalue weighted by molar-refractivity contribution is -0.107. The van der Waals surface area contributed by atoms with Gasteiger partial charge in [0.15, 0.2) is 11.2 Å². The topological polar surface area (TPSA) is 69.4 Å². The van der Waals surface area contributed by atoms with Crippen LogP contribution in [-0.2, 0) is 11.2 Å². The Bertz CT molecular complexity index is 1190. The lowest BCUT2D eigenvalue weighted by Gasteiger charge is -2.40. The highest BCUT2D eigenvalue weighted by Crippen LogP contribution is 2.68. The third-order valence-electron chi connectivity index (χ3n) is 6.76. The van der Waals surface area contributed by atoms with Crippen LogP contribution in [-0.4, -0.2) is 35.6 Å². The summed E-state index contributed by atoms with van der Waals surface area (Å²) in [7, 11) is 4.09. The monoisotopic (exact) mass is 445 g/mol. The maximum atomic E-state index is 12.4. The summed E-state index contributed by atoms with van der Waals surface area (Å²) in [6, 6.07) is 21.5. The van der Waals surface area contributed by atoms with Crippen molar-refractivity contribution in [2.45, 2.75) is 23.5 Å². The average molecular weight is 446 g/mol. The number of ether oxygens (including phenoxy) is 1. The fourth-order valence-electron chi connectivity index (χ4n) is 5.72. The summed E-state index contributed by atoms with van der Waals surface area (Å²) in [5.41, 5.74) is 0.561. The average Bonchev–Trinajstić information content (AvgIpc) is 3.16. The molecular weight excluding hydrogens is 422 g/mol. The van der Waals surface area contributed by atoms with Gasteiger partial charge in [-0.05, 0) is 49.7 Å². The van der Waals surface area contributed by atoms with Gasteiger partial charge in [-0.25, -0.2) is 0 Å². The Morgan fingerprint density at radius 3 is 2.56 bits per heavy atom. The van der Waals surface area contributed by atoms with Crippen molar-refractivity contribution in [3.05, 3.63) is 94.3 Å². The molecule has 1 N–H and O–H groups in total. The molecule has 2 aliphatic rings. The van der Waals surface area contributed by atoms with Crippen molar-refractivity contribution >= 4 is 11.6 Å². The van der Waals surface area contributed by atoms with Crippen molar-refractivity contribution < 1.29 is 9.84 Å². The van der Waals surface area contributed by atoms with Gasteiger partial charge in [0.2, 0.25) is 0 Å². The van der Waals surface area contributed by atoms with Crippen LogP contribution < -0.4 is 4.74 Å². The number of benzene rings is 2. The normalized spacial score (nSPS) is 28.1. The van der Waals surface area contributed by atoms with Gasteiger partial charge in [0, 0.05) is 24.7 Å². The van der Waals surface area contributed by atoms with Gasteiger partial charge in [-0.15, -0.1) is 0 Å². The lowest BCUT2D eigenvalue weighted by atomic mass is 9.71. The second-order valence-electron chi connectivity index (χ2n) is 9.00. The van der Waals surface area contributed by atoms with Gasteiger partial charge >= 0.3 is 0 Å². The smallest absolute Gasteiger partial charge is 0.175 e. The molecule has 0 amide bonds. The van der Waals surface area contributed by atoms with Crippen molar-refractivity contribution in [2.75, 3.05) is 20.6 Å². The number of aliphatic hydroxyl groups is 1. The first kappa shape index (κ1) is 21.0. The third kappa shape index (κ3) is 2.95. The van der Waals surface area contributed by atoms with Gasteiger partial charge < -0.3 is 14.7 Å². The Labute approximate surface area is 192 Å². The van der Waals surface area contributed by atoms with Crippen LogP contribution in [0.25, 0.3) is 0 Å². The van der Waals surface area contributed by atoms with Gasteiger partial charge in [-0.2, -0.15) is 5.26 Å². The molecule has 3 aromatic rings. The van der Waals surface area contributed by atoms with Crippen molar-refractivity contribution in [3.8, 4) is 11.8 Å². The number of aromatic nitrogens is 1. The molecule has 0 bridgehead atoms. The van der Waals surface area contributed by atoms with E-state index in [0.29, 0.717) is 28.5 Å².